The smallest absolute Gasteiger partial charge is 0.150 e. The highest BCUT2D eigenvalue weighted by molar-refractivity contribution is 7.91. The molecule has 19 heavy (non-hydrogen) atoms. The van der Waals surface area contributed by atoms with E-state index >= 15 is 0 Å². The summed E-state index contributed by atoms with van der Waals surface area (Å²) in [5, 5.41) is 3.17. The Labute approximate surface area is 117 Å². The first kappa shape index (κ1) is 16.2. The number of nitrogens with one attached hydrogen (secondary N) is 1. The van der Waals surface area contributed by atoms with Gasteiger partial charge in [0.15, 0.2) is 0 Å². The maximum Gasteiger partial charge on any atom is 0.150 e. The largest absolute Gasteiger partial charge is 0.319 e. The van der Waals surface area contributed by atoms with Crippen molar-refractivity contribution in [3.05, 3.63) is 35.4 Å². The summed E-state index contributed by atoms with van der Waals surface area (Å²) in [7, 11) is -0.947. The first-order valence-corrected chi connectivity index (χ1v) is 8.70. The molecular weight excluding hydrogens is 258 g/mol. The number of sulfone groups is 1. The molecule has 4 heteroatoms. The molecule has 0 amide bonds. The fourth-order valence-corrected chi connectivity index (χ4v) is 3.19. The maximum atomic E-state index is 11.6. The molecule has 1 aromatic carbocycles. The van der Waals surface area contributed by atoms with Gasteiger partial charge in [0.1, 0.15) is 9.84 Å². The molecular formula is C15H25NO2S. The van der Waals surface area contributed by atoms with E-state index in [1.165, 1.54) is 11.1 Å². The van der Waals surface area contributed by atoms with Crippen molar-refractivity contribution in [1.82, 2.24) is 5.32 Å². The van der Waals surface area contributed by atoms with Gasteiger partial charge in [-0.05, 0) is 50.4 Å². The van der Waals surface area contributed by atoms with Crippen molar-refractivity contribution >= 4 is 9.84 Å². The van der Waals surface area contributed by atoms with E-state index in [1.807, 2.05) is 19.2 Å². The molecule has 0 aliphatic heterocycles. The highest BCUT2D eigenvalue weighted by atomic mass is 32.2. The van der Waals surface area contributed by atoms with Crippen molar-refractivity contribution in [3.63, 3.8) is 0 Å². The van der Waals surface area contributed by atoms with Gasteiger partial charge in [-0.3, -0.25) is 0 Å². The van der Waals surface area contributed by atoms with Gasteiger partial charge in [0.05, 0.1) is 5.75 Å². The van der Waals surface area contributed by atoms with Crippen molar-refractivity contribution < 1.29 is 8.42 Å². The molecule has 1 rings (SSSR count). The molecule has 3 nitrogen and oxygen atoms in total. The highest BCUT2D eigenvalue weighted by Crippen LogP contribution is 2.16. The van der Waals surface area contributed by atoms with Crippen LogP contribution in [0.4, 0.5) is 0 Å². The van der Waals surface area contributed by atoms with Crippen molar-refractivity contribution in [3.8, 4) is 0 Å². The minimum absolute atomic E-state index is 0.240. The molecule has 1 unspecified atom stereocenters. The van der Waals surface area contributed by atoms with E-state index in [0.29, 0.717) is 11.7 Å². The summed E-state index contributed by atoms with van der Waals surface area (Å²) in [6.45, 7) is 4.67. The Kier molecular flexibility index (Phi) is 6.52. The number of aryl methyl sites for hydroxylation is 1. The fraction of sp³-hybridized carbons (Fsp3) is 0.600. The fourth-order valence-electron chi connectivity index (χ4n) is 2.21. The van der Waals surface area contributed by atoms with E-state index in [-0.39, 0.29) is 5.75 Å². The van der Waals surface area contributed by atoms with Gasteiger partial charge < -0.3 is 5.32 Å². The Morgan fingerprint density at radius 2 is 1.95 bits per heavy atom. The molecule has 108 valence electrons. The van der Waals surface area contributed by atoms with Crippen molar-refractivity contribution in [2.75, 3.05) is 25.1 Å². The number of rotatable bonds is 8. The van der Waals surface area contributed by atoms with Gasteiger partial charge in [0.2, 0.25) is 0 Å². The normalized spacial score (nSPS) is 13.4. The molecule has 0 fully saturated rings. The zero-order chi connectivity index (χ0) is 14.3. The minimum Gasteiger partial charge on any atom is -0.319 e. The summed E-state index contributed by atoms with van der Waals surface area (Å²) in [5.41, 5.74) is 2.60. The molecule has 0 saturated carbocycles. The first-order valence-electron chi connectivity index (χ1n) is 6.88. The monoisotopic (exact) mass is 283 g/mol. The highest BCUT2D eigenvalue weighted by Gasteiger charge is 2.15. The van der Waals surface area contributed by atoms with E-state index < -0.39 is 9.84 Å². The summed E-state index contributed by atoms with van der Waals surface area (Å²) in [5.74, 6) is 0.901. The van der Waals surface area contributed by atoms with Gasteiger partial charge in [-0.25, -0.2) is 8.42 Å². The van der Waals surface area contributed by atoms with Crippen LogP contribution < -0.4 is 5.32 Å². The molecule has 0 aliphatic carbocycles. The summed E-state index contributed by atoms with van der Waals surface area (Å²) < 4.78 is 23.2. The number of hydrogen-bond donors (Lipinski definition) is 1. The number of benzene rings is 1. The average Bonchev–Trinajstić information content (AvgIpc) is 2.39. The summed E-state index contributed by atoms with van der Waals surface area (Å²) in [6.07, 6.45) is 1.66. The Balaban J connectivity index is 2.66. The van der Waals surface area contributed by atoms with Crippen LogP contribution in [-0.2, 0) is 16.3 Å². The van der Waals surface area contributed by atoms with Crippen LogP contribution in [0.1, 0.15) is 24.5 Å². The molecule has 0 aliphatic rings. The molecule has 1 aromatic rings. The van der Waals surface area contributed by atoms with Crippen molar-refractivity contribution in [1.29, 1.82) is 0 Å². The second-order valence-electron chi connectivity index (χ2n) is 5.08. The van der Waals surface area contributed by atoms with Crippen molar-refractivity contribution in [2.45, 2.75) is 26.7 Å². The lowest BCUT2D eigenvalue weighted by Gasteiger charge is -2.17. The van der Waals surface area contributed by atoms with Crippen LogP contribution in [-0.4, -0.2) is 33.5 Å². The van der Waals surface area contributed by atoms with Crippen LogP contribution in [0.25, 0.3) is 0 Å². The molecule has 0 saturated heterocycles. The second kappa shape index (κ2) is 7.65. The first-order chi connectivity index (χ1) is 8.98. The van der Waals surface area contributed by atoms with Gasteiger partial charge in [0, 0.05) is 5.75 Å². The van der Waals surface area contributed by atoms with E-state index in [1.54, 1.807) is 6.92 Å². The molecule has 0 aromatic heterocycles. The van der Waals surface area contributed by atoms with Gasteiger partial charge in [-0.1, -0.05) is 31.2 Å². The second-order valence-corrected chi connectivity index (χ2v) is 7.55. The van der Waals surface area contributed by atoms with Gasteiger partial charge in [-0.2, -0.15) is 0 Å². The predicted octanol–water partition coefficient (Wildman–Crippen LogP) is 2.20. The average molecular weight is 283 g/mol. The van der Waals surface area contributed by atoms with Crippen molar-refractivity contribution in [2.24, 2.45) is 5.92 Å². The molecule has 0 radical (unpaired) electrons. The molecule has 0 heterocycles. The summed E-state index contributed by atoms with van der Waals surface area (Å²) >= 11 is 0. The standard InChI is InChI=1S/C15H25NO2S/c1-4-19(17,18)10-9-14(12-16-3)11-15-8-6-5-7-13(15)2/h5-8,14,16H,4,9-12H2,1-3H3. The molecule has 1 N–H and O–H groups in total. The Bertz CT molecular complexity index is 483. The summed E-state index contributed by atoms with van der Waals surface area (Å²) in [6, 6.07) is 8.32. The lowest BCUT2D eigenvalue weighted by Crippen LogP contribution is -2.24. The molecule has 1 atom stereocenters. The van der Waals surface area contributed by atoms with Gasteiger partial charge in [0.25, 0.3) is 0 Å². The lowest BCUT2D eigenvalue weighted by atomic mass is 9.94. The van der Waals surface area contributed by atoms with Gasteiger partial charge >= 0.3 is 0 Å². The quantitative estimate of drug-likeness (QED) is 0.795. The van der Waals surface area contributed by atoms with Crippen LogP contribution in [0.3, 0.4) is 0 Å². The van der Waals surface area contributed by atoms with E-state index in [4.69, 9.17) is 0 Å². The van der Waals surface area contributed by atoms with Crippen LogP contribution >= 0.6 is 0 Å². The Hall–Kier alpha value is -0.870. The molecule has 0 spiro atoms. The lowest BCUT2D eigenvalue weighted by molar-refractivity contribution is 0.477. The van der Waals surface area contributed by atoms with Gasteiger partial charge in [-0.15, -0.1) is 0 Å². The minimum atomic E-state index is -2.86. The maximum absolute atomic E-state index is 11.6. The Morgan fingerprint density at radius 1 is 1.26 bits per heavy atom. The third kappa shape index (κ3) is 5.74. The van der Waals surface area contributed by atoms with Crippen LogP contribution in [0.5, 0.6) is 0 Å². The SMILES string of the molecule is CCS(=O)(=O)CCC(CNC)Cc1ccccc1C. The third-order valence-electron chi connectivity index (χ3n) is 3.54. The predicted molar refractivity (Wildman–Crippen MR) is 81.2 cm³/mol. The molecule has 0 bridgehead atoms. The third-order valence-corrected chi connectivity index (χ3v) is 5.28. The van der Waals surface area contributed by atoms with E-state index in [0.717, 1.165) is 19.4 Å². The topological polar surface area (TPSA) is 46.2 Å². The van der Waals surface area contributed by atoms with E-state index in [9.17, 15) is 8.42 Å². The Morgan fingerprint density at radius 3 is 2.53 bits per heavy atom. The van der Waals surface area contributed by atoms with E-state index in [2.05, 4.69) is 24.4 Å². The zero-order valence-corrected chi connectivity index (χ0v) is 13.0. The van der Waals surface area contributed by atoms with Crippen LogP contribution in [0.2, 0.25) is 0 Å². The van der Waals surface area contributed by atoms with Crippen LogP contribution in [0.15, 0.2) is 24.3 Å². The number of hydrogen-bond acceptors (Lipinski definition) is 3. The van der Waals surface area contributed by atoms with Crippen LogP contribution in [0, 0.1) is 12.8 Å². The summed E-state index contributed by atoms with van der Waals surface area (Å²) in [4.78, 5) is 0. The zero-order valence-electron chi connectivity index (χ0n) is 12.1.